The molecule has 0 amide bonds. The number of halogens is 1. The maximum absolute atomic E-state index is 12.5. The van der Waals surface area contributed by atoms with Gasteiger partial charge in [-0.3, -0.25) is 4.99 Å². The summed E-state index contributed by atoms with van der Waals surface area (Å²) in [6, 6.07) is 10.0. The van der Waals surface area contributed by atoms with Gasteiger partial charge in [-0.2, -0.15) is 4.31 Å². The quantitative estimate of drug-likeness (QED) is 0.265. The zero-order valence-electron chi connectivity index (χ0n) is 19.0. The van der Waals surface area contributed by atoms with Crippen molar-refractivity contribution < 1.29 is 17.9 Å². The lowest BCUT2D eigenvalue weighted by Crippen LogP contribution is -2.54. The Kier molecular flexibility index (Phi) is 12.9. The molecule has 0 bridgehead atoms. The first-order valence-electron chi connectivity index (χ1n) is 10.6. The Labute approximate surface area is 204 Å². The Morgan fingerprint density at radius 1 is 1.16 bits per heavy atom. The normalized spacial score (nSPS) is 16.8. The molecule has 0 aliphatic carbocycles. The molecule has 1 unspecified atom stereocenters. The molecule has 0 radical (unpaired) electrons. The predicted octanol–water partition coefficient (Wildman–Crippen LogP) is 2.33. The molecule has 1 atom stereocenters. The van der Waals surface area contributed by atoms with E-state index in [4.69, 9.17) is 14.5 Å². The van der Waals surface area contributed by atoms with Gasteiger partial charge in [-0.05, 0) is 26.3 Å². The van der Waals surface area contributed by atoms with Crippen molar-refractivity contribution in [3.63, 3.8) is 0 Å². The molecule has 0 spiro atoms. The van der Waals surface area contributed by atoms with E-state index in [1.54, 1.807) is 11.4 Å². The Morgan fingerprint density at radius 2 is 1.81 bits per heavy atom. The standard InChI is InChI=1S/C21H36N4O4S.HI/c1-5-22-21(23-17-20(28-4)19-9-7-6-8-10-19)24-11-13-25(14-12-24)30(26,27)16-15-29-18(2)3;/h6-10,18,20H,5,11-17H2,1-4H3,(H,22,23);1H. The maximum atomic E-state index is 12.5. The molecule has 0 aromatic heterocycles. The van der Waals surface area contributed by atoms with Crippen LogP contribution in [0, 0.1) is 0 Å². The van der Waals surface area contributed by atoms with E-state index in [2.05, 4.69) is 10.2 Å². The molecular weight excluding hydrogens is 531 g/mol. The predicted molar refractivity (Wildman–Crippen MR) is 136 cm³/mol. The number of methoxy groups -OCH3 is 1. The topological polar surface area (TPSA) is 83.5 Å². The van der Waals surface area contributed by atoms with E-state index < -0.39 is 10.0 Å². The minimum atomic E-state index is -3.30. The molecule has 1 aromatic carbocycles. The largest absolute Gasteiger partial charge is 0.378 e. The number of benzene rings is 1. The molecule has 1 aliphatic heterocycles. The number of nitrogens with one attached hydrogen (secondary N) is 1. The zero-order valence-corrected chi connectivity index (χ0v) is 22.1. The highest BCUT2D eigenvalue weighted by Crippen LogP contribution is 2.17. The summed E-state index contributed by atoms with van der Waals surface area (Å²) in [5.41, 5.74) is 1.08. The molecule has 1 aliphatic rings. The highest BCUT2D eigenvalue weighted by Gasteiger charge is 2.28. The van der Waals surface area contributed by atoms with E-state index in [0.717, 1.165) is 18.1 Å². The summed E-state index contributed by atoms with van der Waals surface area (Å²) in [6.07, 6.45) is -0.0924. The number of sulfonamides is 1. The zero-order chi connectivity index (χ0) is 22.0. The van der Waals surface area contributed by atoms with Gasteiger partial charge in [0.15, 0.2) is 5.96 Å². The molecule has 2 rings (SSSR count). The fourth-order valence-corrected chi connectivity index (χ4v) is 4.56. The van der Waals surface area contributed by atoms with Gasteiger partial charge in [0.25, 0.3) is 0 Å². The van der Waals surface area contributed by atoms with Crippen LogP contribution in [-0.4, -0.2) is 88.4 Å². The van der Waals surface area contributed by atoms with E-state index in [-0.39, 0.29) is 48.5 Å². The number of piperazine rings is 1. The van der Waals surface area contributed by atoms with Crippen LogP contribution >= 0.6 is 24.0 Å². The third-order valence-corrected chi connectivity index (χ3v) is 6.76. The third-order valence-electron chi connectivity index (χ3n) is 4.92. The number of aliphatic imine (C=N–C) groups is 1. The van der Waals surface area contributed by atoms with Gasteiger partial charge in [-0.25, -0.2) is 8.42 Å². The van der Waals surface area contributed by atoms with Crippen LogP contribution in [0.1, 0.15) is 32.4 Å². The molecule has 31 heavy (non-hydrogen) atoms. The van der Waals surface area contributed by atoms with Crippen LogP contribution in [0.4, 0.5) is 0 Å². The molecule has 178 valence electrons. The molecule has 1 N–H and O–H groups in total. The summed E-state index contributed by atoms with van der Waals surface area (Å²) in [7, 11) is -1.62. The number of guanidine groups is 1. The van der Waals surface area contributed by atoms with Crippen LogP contribution in [0.5, 0.6) is 0 Å². The Balaban J connectivity index is 0.00000480. The van der Waals surface area contributed by atoms with Crippen molar-refractivity contribution in [2.75, 3.05) is 58.7 Å². The fourth-order valence-electron chi connectivity index (χ4n) is 3.28. The van der Waals surface area contributed by atoms with Gasteiger partial charge in [0.1, 0.15) is 6.10 Å². The molecular formula is C21H37IN4O4S. The van der Waals surface area contributed by atoms with Crippen LogP contribution in [0.2, 0.25) is 0 Å². The first-order valence-corrected chi connectivity index (χ1v) is 12.2. The minimum Gasteiger partial charge on any atom is -0.378 e. The monoisotopic (exact) mass is 568 g/mol. The van der Waals surface area contributed by atoms with Crippen LogP contribution in [0.25, 0.3) is 0 Å². The van der Waals surface area contributed by atoms with Gasteiger partial charge in [-0.1, -0.05) is 30.3 Å². The van der Waals surface area contributed by atoms with Crippen molar-refractivity contribution in [2.24, 2.45) is 4.99 Å². The molecule has 10 heteroatoms. The van der Waals surface area contributed by atoms with Crippen LogP contribution in [-0.2, 0) is 19.5 Å². The number of rotatable bonds is 10. The lowest BCUT2D eigenvalue weighted by Gasteiger charge is -2.36. The number of nitrogens with zero attached hydrogens (tertiary/aromatic N) is 3. The second kappa shape index (κ2) is 14.2. The average Bonchev–Trinajstić information content (AvgIpc) is 2.74. The summed E-state index contributed by atoms with van der Waals surface area (Å²) in [5.74, 6) is 0.807. The van der Waals surface area contributed by atoms with E-state index in [1.807, 2.05) is 51.1 Å². The number of hydrogen-bond acceptors (Lipinski definition) is 5. The van der Waals surface area contributed by atoms with E-state index in [1.165, 1.54) is 0 Å². The van der Waals surface area contributed by atoms with Crippen molar-refractivity contribution in [3.05, 3.63) is 35.9 Å². The number of hydrogen-bond donors (Lipinski definition) is 1. The van der Waals surface area contributed by atoms with Crippen molar-refractivity contribution in [1.29, 1.82) is 0 Å². The molecule has 0 saturated carbocycles. The first-order chi connectivity index (χ1) is 14.4. The van der Waals surface area contributed by atoms with Crippen molar-refractivity contribution in [1.82, 2.24) is 14.5 Å². The fraction of sp³-hybridized carbons (Fsp3) is 0.667. The van der Waals surface area contributed by atoms with Crippen LogP contribution in [0.3, 0.4) is 0 Å². The Morgan fingerprint density at radius 3 is 2.35 bits per heavy atom. The summed E-state index contributed by atoms with van der Waals surface area (Å²) in [6.45, 7) is 9.37. The van der Waals surface area contributed by atoms with E-state index >= 15 is 0 Å². The van der Waals surface area contributed by atoms with Gasteiger partial charge < -0.3 is 19.7 Å². The van der Waals surface area contributed by atoms with Gasteiger partial charge >= 0.3 is 0 Å². The Bertz CT molecular complexity index is 754. The summed E-state index contributed by atoms with van der Waals surface area (Å²) in [5, 5.41) is 3.32. The van der Waals surface area contributed by atoms with E-state index in [0.29, 0.717) is 32.7 Å². The lowest BCUT2D eigenvalue weighted by molar-refractivity contribution is 0.0904. The van der Waals surface area contributed by atoms with Gasteiger partial charge in [0.05, 0.1) is 25.0 Å². The molecule has 1 heterocycles. The van der Waals surface area contributed by atoms with Crippen molar-refractivity contribution in [3.8, 4) is 0 Å². The molecule has 1 saturated heterocycles. The Hall–Kier alpha value is -0.950. The van der Waals surface area contributed by atoms with Gasteiger partial charge in [0, 0.05) is 39.8 Å². The van der Waals surface area contributed by atoms with Crippen LogP contribution in [0.15, 0.2) is 35.3 Å². The number of ether oxygens (including phenoxy) is 2. The molecule has 1 aromatic rings. The second-order valence-corrected chi connectivity index (χ2v) is 9.54. The third kappa shape index (κ3) is 9.21. The average molecular weight is 569 g/mol. The highest BCUT2D eigenvalue weighted by molar-refractivity contribution is 14.0. The summed E-state index contributed by atoms with van der Waals surface area (Å²) < 4.78 is 37.7. The lowest BCUT2D eigenvalue weighted by atomic mass is 10.1. The molecule has 8 nitrogen and oxygen atoms in total. The SMILES string of the molecule is CCNC(=NCC(OC)c1ccccc1)N1CCN(S(=O)(=O)CCOC(C)C)CC1.I. The van der Waals surface area contributed by atoms with Gasteiger partial charge in [0.2, 0.25) is 10.0 Å². The minimum absolute atomic E-state index is 0. The molecule has 1 fully saturated rings. The van der Waals surface area contributed by atoms with Gasteiger partial charge in [-0.15, -0.1) is 24.0 Å². The van der Waals surface area contributed by atoms with Crippen molar-refractivity contribution >= 4 is 40.0 Å². The summed E-state index contributed by atoms with van der Waals surface area (Å²) in [4.78, 5) is 6.87. The smallest absolute Gasteiger partial charge is 0.216 e. The van der Waals surface area contributed by atoms with Crippen LogP contribution < -0.4 is 5.32 Å². The van der Waals surface area contributed by atoms with E-state index in [9.17, 15) is 8.42 Å². The highest BCUT2D eigenvalue weighted by atomic mass is 127. The summed E-state index contributed by atoms with van der Waals surface area (Å²) >= 11 is 0. The van der Waals surface area contributed by atoms with Crippen molar-refractivity contribution in [2.45, 2.75) is 33.0 Å². The second-order valence-electron chi connectivity index (χ2n) is 7.45. The first kappa shape index (κ1) is 28.1. The maximum Gasteiger partial charge on any atom is 0.216 e.